The zero-order valence-electron chi connectivity index (χ0n) is 18.9. The van der Waals surface area contributed by atoms with E-state index in [1.54, 1.807) is 18.3 Å². The molecule has 1 aliphatic heterocycles. The molecule has 0 atom stereocenters. The molecule has 1 fully saturated rings. The Morgan fingerprint density at radius 3 is 2.60 bits per heavy atom. The lowest BCUT2D eigenvalue weighted by Crippen LogP contribution is -2.41. The summed E-state index contributed by atoms with van der Waals surface area (Å²) in [6.07, 6.45) is 6.07. The number of fused-ring (bicyclic) bond motifs is 1. The molecule has 35 heavy (non-hydrogen) atoms. The maximum atomic E-state index is 14.3. The van der Waals surface area contributed by atoms with Gasteiger partial charge < -0.3 is 15.2 Å². The van der Waals surface area contributed by atoms with E-state index >= 15 is 0 Å². The smallest absolute Gasteiger partial charge is 0.291 e. The largest absolute Gasteiger partial charge is 0.346 e. The van der Waals surface area contributed by atoms with Crippen molar-refractivity contribution >= 4 is 17.4 Å². The number of hydrogen-bond donors (Lipinski definition) is 2. The van der Waals surface area contributed by atoms with Crippen LogP contribution in [0.1, 0.15) is 40.5 Å². The lowest BCUT2D eigenvalue weighted by molar-refractivity contribution is -0.00832. The molecular formula is C26H22F2N6O. The molecule has 0 saturated heterocycles. The molecule has 0 bridgehead atoms. The Kier molecular flexibility index (Phi) is 4.87. The third kappa shape index (κ3) is 4.03. The van der Waals surface area contributed by atoms with Crippen LogP contribution in [-0.2, 0) is 13.0 Å². The molecule has 1 aliphatic carbocycles. The molecule has 7 nitrogen and oxygen atoms in total. The summed E-state index contributed by atoms with van der Waals surface area (Å²) in [5, 5.41) is 5.26. The average Bonchev–Trinajstić information content (AvgIpc) is 3.63. The topological polar surface area (TPSA) is 84.7 Å². The molecule has 4 aromatic rings. The van der Waals surface area contributed by atoms with Crippen molar-refractivity contribution in [3.63, 3.8) is 0 Å². The van der Waals surface area contributed by atoms with Gasteiger partial charge in [0.25, 0.3) is 11.8 Å². The van der Waals surface area contributed by atoms with Crippen molar-refractivity contribution in [2.75, 3.05) is 11.9 Å². The molecule has 0 radical (unpaired) electrons. The van der Waals surface area contributed by atoms with Crippen LogP contribution in [0.5, 0.6) is 0 Å². The fourth-order valence-electron chi connectivity index (χ4n) is 4.35. The van der Waals surface area contributed by atoms with Gasteiger partial charge in [-0.15, -0.1) is 0 Å². The second kappa shape index (κ2) is 7.97. The number of carbonyl (C=O) groups is 1. The number of anilines is 2. The standard InChI is InChI=1S/C26H22F2N6O/c1-34-13-21(32-24(34)17-6-7-17)15-2-4-16(5-3-15)23-29-11-10-22(33-23)31-18-8-9-19-20(12-18)26(27,28)14-30-25(19)35/h2-5,8-13,17H,6-7,14H2,1H3,(H,30,35)(H,29,31,33). The van der Waals surface area contributed by atoms with E-state index in [0.29, 0.717) is 23.2 Å². The average molecular weight is 472 g/mol. The van der Waals surface area contributed by atoms with Crippen LogP contribution < -0.4 is 10.6 Å². The van der Waals surface area contributed by atoms with Crippen molar-refractivity contribution in [2.45, 2.75) is 24.7 Å². The second-order valence-electron chi connectivity index (χ2n) is 8.98. The molecule has 3 heterocycles. The van der Waals surface area contributed by atoms with Gasteiger partial charge >= 0.3 is 0 Å². The Hall–Kier alpha value is -4.14. The molecule has 1 amide bonds. The molecule has 6 rings (SSSR count). The molecule has 2 aromatic carbocycles. The lowest BCUT2D eigenvalue weighted by atomic mass is 9.96. The van der Waals surface area contributed by atoms with Crippen molar-refractivity contribution in [1.82, 2.24) is 24.8 Å². The van der Waals surface area contributed by atoms with Crippen molar-refractivity contribution in [3.05, 3.63) is 77.9 Å². The van der Waals surface area contributed by atoms with Gasteiger partial charge in [-0.25, -0.2) is 15.0 Å². The molecule has 2 N–H and O–H groups in total. The summed E-state index contributed by atoms with van der Waals surface area (Å²) in [5.41, 5.74) is 2.88. The minimum atomic E-state index is -3.13. The first-order chi connectivity index (χ1) is 16.9. The first kappa shape index (κ1) is 21.4. The van der Waals surface area contributed by atoms with Gasteiger partial charge in [0.05, 0.1) is 12.2 Å². The fraction of sp³-hybridized carbons (Fsp3) is 0.231. The highest BCUT2D eigenvalue weighted by Gasteiger charge is 2.40. The molecule has 0 spiro atoms. The quantitative estimate of drug-likeness (QED) is 0.427. The Balaban J connectivity index is 1.23. The predicted octanol–water partition coefficient (Wildman–Crippen LogP) is 5.00. The van der Waals surface area contributed by atoms with Gasteiger partial charge in [0.1, 0.15) is 11.6 Å². The van der Waals surface area contributed by atoms with E-state index in [9.17, 15) is 13.6 Å². The van der Waals surface area contributed by atoms with Crippen LogP contribution in [0.25, 0.3) is 22.6 Å². The van der Waals surface area contributed by atoms with Crippen LogP contribution in [0.2, 0.25) is 0 Å². The van der Waals surface area contributed by atoms with Crippen LogP contribution >= 0.6 is 0 Å². The number of rotatable bonds is 5. The van der Waals surface area contributed by atoms with Crippen molar-refractivity contribution in [2.24, 2.45) is 7.05 Å². The number of aromatic nitrogens is 4. The monoisotopic (exact) mass is 472 g/mol. The van der Waals surface area contributed by atoms with Crippen LogP contribution in [0.4, 0.5) is 20.3 Å². The number of carbonyl (C=O) groups excluding carboxylic acids is 1. The third-order valence-corrected chi connectivity index (χ3v) is 6.35. The van der Waals surface area contributed by atoms with Crippen LogP contribution in [0, 0.1) is 0 Å². The number of benzene rings is 2. The number of amides is 1. The number of aryl methyl sites for hydroxylation is 1. The molecule has 2 aromatic heterocycles. The van der Waals surface area contributed by atoms with Gasteiger partial charge in [-0.05, 0) is 37.1 Å². The summed E-state index contributed by atoms with van der Waals surface area (Å²) >= 11 is 0. The molecule has 176 valence electrons. The van der Waals surface area contributed by atoms with E-state index in [1.165, 1.54) is 25.0 Å². The summed E-state index contributed by atoms with van der Waals surface area (Å²) < 4.78 is 30.7. The fourth-order valence-corrected chi connectivity index (χ4v) is 4.35. The van der Waals surface area contributed by atoms with E-state index < -0.39 is 18.4 Å². The van der Waals surface area contributed by atoms with Gasteiger partial charge in [0.2, 0.25) is 0 Å². The predicted molar refractivity (Wildman–Crippen MR) is 128 cm³/mol. The Labute approximate surface area is 200 Å². The maximum Gasteiger partial charge on any atom is 0.291 e. The number of nitrogens with one attached hydrogen (secondary N) is 2. The number of alkyl halides is 2. The van der Waals surface area contributed by atoms with Crippen molar-refractivity contribution in [3.8, 4) is 22.6 Å². The number of nitrogens with zero attached hydrogens (tertiary/aromatic N) is 4. The zero-order chi connectivity index (χ0) is 24.2. The van der Waals surface area contributed by atoms with Gasteiger partial charge in [-0.3, -0.25) is 4.79 Å². The van der Waals surface area contributed by atoms with Gasteiger partial charge in [0.15, 0.2) is 5.82 Å². The summed E-state index contributed by atoms with van der Waals surface area (Å²) in [6, 6.07) is 13.8. The van der Waals surface area contributed by atoms with E-state index in [1.807, 2.05) is 31.3 Å². The number of halogens is 2. The van der Waals surface area contributed by atoms with E-state index in [4.69, 9.17) is 4.98 Å². The van der Waals surface area contributed by atoms with Gasteiger partial charge in [-0.2, -0.15) is 8.78 Å². The number of imidazole rings is 1. The first-order valence-electron chi connectivity index (χ1n) is 11.4. The molecule has 1 saturated carbocycles. The molecule has 2 aliphatic rings. The maximum absolute atomic E-state index is 14.3. The highest BCUT2D eigenvalue weighted by molar-refractivity contribution is 5.97. The second-order valence-corrected chi connectivity index (χ2v) is 8.98. The van der Waals surface area contributed by atoms with E-state index in [0.717, 1.165) is 22.6 Å². The SMILES string of the molecule is Cn1cc(-c2ccc(-c3nccc(Nc4ccc5c(c4)C(F)(F)CNC5=O)n3)cc2)nc1C1CC1. The molecule has 9 heteroatoms. The van der Waals surface area contributed by atoms with Crippen LogP contribution in [0.3, 0.4) is 0 Å². The highest BCUT2D eigenvalue weighted by atomic mass is 19.3. The van der Waals surface area contributed by atoms with Crippen molar-refractivity contribution in [1.29, 1.82) is 0 Å². The van der Waals surface area contributed by atoms with Gasteiger partial charge in [0, 0.05) is 53.3 Å². The Morgan fingerprint density at radius 2 is 1.83 bits per heavy atom. The third-order valence-electron chi connectivity index (χ3n) is 6.35. The summed E-state index contributed by atoms with van der Waals surface area (Å²) in [6.45, 7) is -0.712. The minimum absolute atomic E-state index is 0.0209. The highest BCUT2D eigenvalue weighted by Crippen LogP contribution is 2.40. The first-order valence-corrected chi connectivity index (χ1v) is 11.4. The minimum Gasteiger partial charge on any atom is -0.346 e. The lowest BCUT2D eigenvalue weighted by Gasteiger charge is -2.25. The Bertz CT molecular complexity index is 1440. The summed E-state index contributed by atoms with van der Waals surface area (Å²) in [4.78, 5) is 25.6. The van der Waals surface area contributed by atoms with E-state index in [2.05, 4.69) is 31.4 Å². The Morgan fingerprint density at radius 1 is 1.06 bits per heavy atom. The summed E-state index contributed by atoms with van der Waals surface area (Å²) in [7, 11) is 2.03. The molecule has 0 unspecified atom stereocenters. The zero-order valence-corrected chi connectivity index (χ0v) is 18.9. The van der Waals surface area contributed by atoms with Crippen molar-refractivity contribution < 1.29 is 13.6 Å². The normalized spacial score (nSPS) is 16.5. The summed E-state index contributed by atoms with van der Waals surface area (Å²) in [5.74, 6) is -0.959. The van der Waals surface area contributed by atoms with E-state index in [-0.39, 0.29) is 11.1 Å². The molecular weight excluding hydrogens is 450 g/mol. The number of hydrogen-bond acceptors (Lipinski definition) is 5. The van der Waals surface area contributed by atoms with Crippen LogP contribution in [-0.4, -0.2) is 32.0 Å². The van der Waals surface area contributed by atoms with Crippen LogP contribution in [0.15, 0.2) is 60.9 Å². The van der Waals surface area contributed by atoms with Gasteiger partial charge in [-0.1, -0.05) is 24.3 Å².